The van der Waals surface area contributed by atoms with E-state index in [0.29, 0.717) is 12.1 Å². The quantitative estimate of drug-likeness (QED) is 0.0740. The summed E-state index contributed by atoms with van der Waals surface area (Å²) in [4.78, 5) is 32.7. The van der Waals surface area contributed by atoms with Crippen molar-refractivity contribution in [3.8, 4) is 0 Å². The van der Waals surface area contributed by atoms with Gasteiger partial charge in [0.05, 0.1) is 31.2 Å². The largest absolute Gasteiger partial charge is 1.00 e. The molecule has 0 aliphatic carbocycles. The number of nitrogens with zero attached hydrogens (tertiary/aromatic N) is 4. The van der Waals surface area contributed by atoms with Gasteiger partial charge in [0, 0.05) is 39.5 Å². The van der Waals surface area contributed by atoms with Gasteiger partial charge in [-0.05, 0) is 33.4 Å². The molecule has 0 spiro atoms. The van der Waals surface area contributed by atoms with Crippen LogP contribution in [0, 0.1) is 0 Å². The van der Waals surface area contributed by atoms with Gasteiger partial charge in [-0.2, -0.15) is 0 Å². The second kappa shape index (κ2) is 23.5. The number of carboxylic acids is 1. The molecule has 65 heavy (non-hydrogen) atoms. The van der Waals surface area contributed by atoms with E-state index in [1.54, 1.807) is 6.33 Å². The second-order valence-electron chi connectivity index (χ2n) is 14.9. The minimum absolute atomic E-state index is 0. The molecule has 2 unspecified atom stereocenters. The van der Waals surface area contributed by atoms with E-state index in [2.05, 4.69) is 91.9 Å². The van der Waals surface area contributed by atoms with E-state index in [9.17, 15) is 14.7 Å². The zero-order chi connectivity index (χ0) is 44.1. The molecule has 0 saturated heterocycles. The van der Waals surface area contributed by atoms with Crippen LogP contribution >= 0.6 is 0 Å². The zero-order valence-electron chi connectivity index (χ0n) is 36.9. The maximum Gasteiger partial charge on any atom is 1.00 e. The number of rotatable bonds is 16. The van der Waals surface area contributed by atoms with Crippen LogP contribution in [0.3, 0.4) is 0 Å². The zero-order valence-corrected chi connectivity index (χ0v) is 38.9. The summed E-state index contributed by atoms with van der Waals surface area (Å²) in [6.07, 6.45) is 6.37. The minimum Gasteiger partial charge on any atom is -0.870 e. The Bertz CT molecular complexity index is 2460. The third-order valence-corrected chi connectivity index (χ3v) is 11.3. The minimum atomic E-state index is -1.00. The van der Waals surface area contributed by atoms with Gasteiger partial charge < -0.3 is 33.9 Å². The normalized spacial score (nSPS) is 12.0. The Morgan fingerprint density at radius 1 is 0.492 bits per heavy atom. The number of aliphatic carboxylic acids is 1. The van der Waals surface area contributed by atoms with Crippen molar-refractivity contribution in [2.75, 3.05) is 21.3 Å². The van der Waals surface area contributed by atoms with Crippen LogP contribution in [-0.2, 0) is 47.7 Å². The van der Waals surface area contributed by atoms with Gasteiger partial charge in [-0.15, -0.1) is 0 Å². The molecule has 0 saturated carbocycles. The number of hydrogen-bond donors (Lipinski definition) is 1. The predicted molar refractivity (Wildman–Crippen MR) is 244 cm³/mol. The van der Waals surface area contributed by atoms with Crippen molar-refractivity contribution < 1.29 is 63.9 Å². The molecule has 0 radical (unpaired) electrons. The molecule has 2 atom stereocenters. The number of carbonyl (C=O) groups excluding carboxylic acids is 1. The van der Waals surface area contributed by atoms with Crippen LogP contribution in [0.5, 0.6) is 0 Å². The van der Waals surface area contributed by atoms with Crippen molar-refractivity contribution in [2.24, 2.45) is 0 Å². The van der Waals surface area contributed by atoms with E-state index in [4.69, 9.17) is 14.2 Å². The Morgan fingerprint density at radius 2 is 0.754 bits per heavy atom. The number of imidazole rings is 2. The fraction of sp³-hybridized carbons (Fsp3) is 0.170. The molecule has 2 aromatic heterocycles. The molecule has 12 heteroatoms. The summed E-state index contributed by atoms with van der Waals surface area (Å²) in [5, 5.41) is 9.38. The van der Waals surface area contributed by atoms with Gasteiger partial charge in [0.25, 0.3) is 0 Å². The summed E-state index contributed by atoms with van der Waals surface area (Å²) in [5.74, 6) is -1.42. The molecule has 0 aliphatic rings. The van der Waals surface area contributed by atoms with Crippen molar-refractivity contribution in [3.63, 3.8) is 0 Å². The van der Waals surface area contributed by atoms with Gasteiger partial charge in [0.2, 0.25) is 0 Å². The predicted octanol–water partition coefficient (Wildman–Crippen LogP) is 5.65. The van der Waals surface area contributed by atoms with Crippen LogP contribution in [0.25, 0.3) is 0 Å². The molecule has 0 aliphatic heterocycles. The van der Waals surface area contributed by atoms with Gasteiger partial charge in [0.1, 0.15) is 11.1 Å². The van der Waals surface area contributed by atoms with Gasteiger partial charge in [-0.3, -0.25) is 0 Å². The van der Waals surface area contributed by atoms with Crippen molar-refractivity contribution in [3.05, 3.63) is 252 Å². The van der Waals surface area contributed by atoms with E-state index in [1.165, 1.54) is 21.3 Å². The van der Waals surface area contributed by atoms with Crippen molar-refractivity contribution in [2.45, 2.75) is 36.1 Å². The molecule has 326 valence electrons. The molecule has 6 aromatic carbocycles. The number of esters is 1. The van der Waals surface area contributed by atoms with E-state index in [-0.39, 0.29) is 41.5 Å². The topological polar surface area (TPSA) is 148 Å². The number of methoxy groups -OCH3 is 3. The Hall–Kier alpha value is -6.44. The molecule has 2 heterocycles. The summed E-state index contributed by atoms with van der Waals surface area (Å²) < 4.78 is 19.5. The average molecular weight is 879 g/mol. The van der Waals surface area contributed by atoms with Gasteiger partial charge in [-0.1, -0.05) is 182 Å². The standard InChI is InChI=1S/C27H26N2O3.C26H24N2O3.Na.H2O/c1-31-25(26(30)32-2)18-24-19-29(20-28-24)27(21-12-6-3-7-13-21,22-14-8-4-9-15-22)23-16-10-5-11-17-23;1-31-24(25(29)30)17-23-18-28(19-27-23)26(20-11-5-2-6-12-20,21-13-7-3-8-14-21)22-15-9-4-10-16-22;;/h3-17,19-20,25H,18H2,1-2H3;2-16,18-19,24H,17H2,1H3,(H,29,30);;1H2/q;;+1;/p-1. The maximum atomic E-state index is 12.0. The number of benzene rings is 6. The van der Waals surface area contributed by atoms with Crippen LogP contribution in [0.1, 0.15) is 44.8 Å². The third kappa shape index (κ3) is 10.6. The smallest absolute Gasteiger partial charge is 0.870 e. The summed E-state index contributed by atoms with van der Waals surface area (Å²) in [5.41, 5.74) is 6.67. The summed E-state index contributed by atoms with van der Waals surface area (Å²) in [7, 11) is 4.26. The van der Waals surface area contributed by atoms with Gasteiger partial charge in [-0.25, -0.2) is 19.6 Å². The first-order valence-corrected chi connectivity index (χ1v) is 20.6. The Labute approximate surface area is 401 Å². The first kappa shape index (κ1) is 49.6. The van der Waals surface area contributed by atoms with Crippen molar-refractivity contribution in [1.29, 1.82) is 0 Å². The van der Waals surface area contributed by atoms with Crippen molar-refractivity contribution >= 4 is 11.9 Å². The number of carbonyl (C=O) groups is 2. The van der Waals surface area contributed by atoms with Crippen LogP contribution in [0.2, 0.25) is 0 Å². The number of aromatic nitrogens is 4. The van der Waals surface area contributed by atoms with Crippen LogP contribution in [0.4, 0.5) is 0 Å². The summed E-state index contributed by atoms with van der Waals surface area (Å²) >= 11 is 0. The fourth-order valence-electron chi connectivity index (χ4n) is 8.32. The van der Waals surface area contributed by atoms with E-state index >= 15 is 0 Å². The molecule has 0 bridgehead atoms. The Kier molecular flexibility index (Phi) is 17.9. The Morgan fingerprint density at radius 3 is 0.985 bits per heavy atom. The molecule has 11 nitrogen and oxygen atoms in total. The Balaban J connectivity index is 0.000000237. The number of ether oxygens (including phenoxy) is 3. The molecule has 8 rings (SSSR count). The molecule has 0 amide bonds. The summed E-state index contributed by atoms with van der Waals surface area (Å²) in [6, 6.07) is 61.9. The molecule has 2 N–H and O–H groups in total. The summed E-state index contributed by atoms with van der Waals surface area (Å²) in [6.45, 7) is 0. The van der Waals surface area contributed by atoms with Gasteiger partial charge >= 0.3 is 41.5 Å². The van der Waals surface area contributed by atoms with Crippen molar-refractivity contribution in [1.82, 2.24) is 19.1 Å². The maximum absolute atomic E-state index is 12.0. The third-order valence-electron chi connectivity index (χ3n) is 11.3. The molecular weight excluding hydrogens is 828 g/mol. The average Bonchev–Trinajstić information content (AvgIpc) is 4.03. The number of hydrogen-bond acceptors (Lipinski definition) is 8. The SMILES string of the molecule is COC(=O)C(Cc1cn(C(c2ccccc2)(c2ccccc2)c2ccccc2)cn1)OC.COC(Cc1cn(C(c2ccccc2)(c2ccccc2)c2ccccc2)cn1)C(=O)O.[Na+].[OH-]. The first-order valence-electron chi connectivity index (χ1n) is 20.6. The number of carboxylic acid groups (broad SMARTS) is 1. The molecular formula is C53H51N4NaO7. The fourth-order valence-corrected chi connectivity index (χ4v) is 8.32. The molecule has 8 aromatic rings. The van der Waals surface area contributed by atoms with E-state index < -0.39 is 35.2 Å². The van der Waals surface area contributed by atoms with Crippen LogP contribution in [-0.4, -0.2) is 75.2 Å². The van der Waals surface area contributed by atoms with Gasteiger partial charge in [0.15, 0.2) is 12.2 Å². The van der Waals surface area contributed by atoms with Crippen LogP contribution < -0.4 is 29.6 Å². The monoisotopic (exact) mass is 878 g/mol. The second-order valence-corrected chi connectivity index (χ2v) is 14.9. The van der Waals surface area contributed by atoms with Crippen LogP contribution in [0.15, 0.2) is 207 Å². The molecule has 0 fully saturated rings. The first-order chi connectivity index (χ1) is 30.9. The van der Waals surface area contributed by atoms with E-state index in [1.807, 2.05) is 128 Å². The van der Waals surface area contributed by atoms with E-state index in [0.717, 1.165) is 39.1 Å².